The molecule has 4 atom stereocenters. The molecule has 22 heavy (non-hydrogen) atoms. The number of benzene rings is 1. The first kappa shape index (κ1) is 15.7. The molecule has 2 aliphatic heterocycles. The predicted octanol–water partition coefficient (Wildman–Crippen LogP) is 1.53. The van der Waals surface area contributed by atoms with Crippen molar-refractivity contribution < 1.29 is 23.5 Å². The van der Waals surface area contributed by atoms with Crippen molar-refractivity contribution in [3.05, 3.63) is 29.8 Å². The summed E-state index contributed by atoms with van der Waals surface area (Å²) in [7, 11) is -0.106. The smallest absolute Gasteiger partial charge is 0.323 e. The van der Waals surface area contributed by atoms with Gasteiger partial charge in [-0.25, -0.2) is 4.52 Å². The second kappa shape index (κ2) is 5.78. The van der Waals surface area contributed by atoms with E-state index in [2.05, 4.69) is 0 Å². The minimum Gasteiger partial charge on any atom is -0.624 e. The number of methoxy groups -OCH3 is 1. The lowest BCUT2D eigenvalue weighted by molar-refractivity contribution is -0.215. The number of fused-ring (bicyclic) bond motifs is 3. The summed E-state index contributed by atoms with van der Waals surface area (Å²) in [4.78, 5) is 27.1. The monoisotopic (exact) mass is 325 g/mol. The molecule has 1 aromatic rings. The van der Waals surface area contributed by atoms with Crippen molar-refractivity contribution >= 4 is 13.9 Å². The molecule has 0 saturated carbocycles. The molecule has 1 fully saturated rings. The van der Waals surface area contributed by atoms with Gasteiger partial charge in [-0.3, -0.25) is 9.69 Å². The molecular weight excluding hydrogens is 305 g/mol. The number of hydrogen-bond acceptors (Lipinski definition) is 6. The first-order valence-corrected chi connectivity index (χ1v) is 8.95. The summed E-state index contributed by atoms with van der Waals surface area (Å²) in [6, 6.07) is 6.86. The van der Waals surface area contributed by atoms with Gasteiger partial charge in [0, 0.05) is 12.0 Å². The highest BCUT2D eigenvalue weighted by Gasteiger charge is 2.60. The molecule has 2 heterocycles. The van der Waals surface area contributed by atoms with Gasteiger partial charge in [0.15, 0.2) is 5.75 Å². The molecular formula is C15H20NO5P. The quantitative estimate of drug-likeness (QED) is 0.620. The third-order valence-corrected chi connectivity index (χ3v) is 6.79. The number of likely N-dealkylation sites (tertiary alicyclic amines) is 1. The van der Waals surface area contributed by atoms with E-state index >= 15 is 0 Å². The fraction of sp³-hybridized carbons (Fsp3) is 0.533. The van der Waals surface area contributed by atoms with Crippen LogP contribution in [0, 0.1) is 0 Å². The number of likely N-dealkylation sites (N-methyl/N-ethyl adjacent to an activating group) is 1. The molecule has 0 bridgehead atoms. The maximum absolute atomic E-state index is 13.2. The lowest BCUT2D eigenvalue weighted by Crippen LogP contribution is -2.39. The maximum Gasteiger partial charge on any atom is 0.323 e. The molecule has 0 aliphatic carbocycles. The summed E-state index contributed by atoms with van der Waals surface area (Å²) in [5, 5.41) is 0. The van der Waals surface area contributed by atoms with Crippen LogP contribution in [0.15, 0.2) is 24.3 Å². The Morgan fingerprint density at radius 2 is 2.23 bits per heavy atom. The number of rotatable bonds is 3. The Balaban J connectivity index is 2.05. The number of esters is 1. The summed E-state index contributed by atoms with van der Waals surface area (Å²) >= 11 is 0. The summed E-state index contributed by atoms with van der Waals surface area (Å²) in [5.41, 5.74) is 0.573. The number of carbonyl (C=O) groups is 1. The molecule has 120 valence electrons. The van der Waals surface area contributed by atoms with Gasteiger partial charge >= 0.3 is 5.97 Å². The molecule has 1 saturated heterocycles. The van der Waals surface area contributed by atoms with Crippen molar-refractivity contribution in [1.82, 2.24) is 4.90 Å². The second-order valence-electron chi connectivity index (χ2n) is 5.54. The molecule has 1 aromatic carbocycles. The van der Waals surface area contributed by atoms with Gasteiger partial charge in [0.1, 0.15) is 11.7 Å². The van der Waals surface area contributed by atoms with Gasteiger partial charge < -0.3 is 14.2 Å². The Bertz CT molecular complexity index is 583. The zero-order valence-corrected chi connectivity index (χ0v) is 13.8. The van der Waals surface area contributed by atoms with Crippen LogP contribution >= 0.6 is 7.94 Å². The van der Waals surface area contributed by atoms with Crippen molar-refractivity contribution in [2.75, 3.05) is 20.8 Å². The van der Waals surface area contributed by atoms with Crippen molar-refractivity contribution in [1.29, 1.82) is 0 Å². The number of ether oxygens (including phenoxy) is 1. The second-order valence-corrected chi connectivity index (χ2v) is 7.72. The normalized spacial score (nSPS) is 33.7. The molecule has 7 heteroatoms. The molecule has 3 rings (SSSR count). The third kappa shape index (κ3) is 2.31. The van der Waals surface area contributed by atoms with Crippen LogP contribution in [0.5, 0.6) is 5.75 Å². The molecule has 6 nitrogen and oxygen atoms in total. The Morgan fingerprint density at radius 3 is 2.91 bits per heavy atom. The Hall–Kier alpha value is -1.20. The Kier molecular flexibility index (Phi) is 4.12. The third-order valence-electron chi connectivity index (χ3n) is 4.41. The summed E-state index contributed by atoms with van der Waals surface area (Å²) in [6.07, 6.45) is 0.402. The predicted molar refractivity (Wildman–Crippen MR) is 80.3 cm³/mol. The van der Waals surface area contributed by atoms with Crippen molar-refractivity contribution in [3.63, 3.8) is 0 Å². The van der Waals surface area contributed by atoms with Gasteiger partial charge in [0.05, 0.1) is 19.8 Å². The van der Waals surface area contributed by atoms with E-state index in [0.29, 0.717) is 18.8 Å². The van der Waals surface area contributed by atoms with E-state index in [1.54, 1.807) is 13.0 Å². The van der Waals surface area contributed by atoms with Crippen molar-refractivity contribution in [2.45, 2.75) is 31.1 Å². The van der Waals surface area contributed by atoms with Gasteiger partial charge in [0.25, 0.3) is 7.94 Å². The van der Waals surface area contributed by atoms with E-state index in [1.165, 1.54) is 7.11 Å². The standard InChI is InChI=1S/C15H20NO5P/c1-4-20-22(18)13-9-11(15(17)19-3)16(2)14(13)10-7-5-6-8-12(10)21-22/h5-8,11,13-14H,4,9H2,1-3H3/t11-,13+,14+,22?/m1/s1. The Morgan fingerprint density at radius 1 is 1.50 bits per heavy atom. The van der Waals surface area contributed by atoms with Crippen LogP contribution in [-0.2, 0) is 14.1 Å². The average molecular weight is 325 g/mol. The molecule has 1 unspecified atom stereocenters. The molecule has 2 aliphatic rings. The van der Waals surface area contributed by atoms with E-state index < -0.39 is 14.0 Å². The number of hydrogen-bond donors (Lipinski definition) is 0. The lowest BCUT2D eigenvalue weighted by atomic mass is 10.0. The van der Waals surface area contributed by atoms with Gasteiger partial charge in [-0.15, -0.1) is 0 Å². The lowest BCUT2D eigenvalue weighted by Gasteiger charge is -2.40. The van der Waals surface area contributed by atoms with Crippen LogP contribution in [-0.4, -0.2) is 43.3 Å². The van der Waals surface area contributed by atoms with E-state index in [9.17, 15) is 9.69 Å². The first-order chi connectivity index (χ1) is 10.5. The zero-order chi connectivity index (χ0) is 15.9. The van der Waals surface area contributed by atoms with E-state index in [-0.39, 0.29) is 17.7 Å². The van der Waals surface area contributed by atoms with Crippen molar-refractivity contribution in [2.24, 2.45) is 0 Å². The Labute approximate surface area is 130 Å². The fourth-order valence-electron chi connectivity index (χ4n) is 3.43. The van der Waals surface area contributed by atoms with Gasteiger partial charge in [-0.05, 0) is 20.0 Å². The highest BCUT2D eigenvalue weighted by atomic mass is 31.2. The molecule has 0 radical (unpaired) electrons. The first-order valence-electron chi connectivity index (χ1n) is 7.34. The fourth-order valence-corrected chi connectivity index (χ4v) is 5.79. The van der Waals surface area contributed by atoms with Crippen LogP contribution in [0.2, 0.25) is 0 Å². The number of carbonyl (C=O) groups excluding carboxylic acids is 1. The van der Waals surface area contributed by atoms with Crippen LogP contribution in [0.3, 0.4) is 0 Å². The summed E-state index contributed by atoms with van der Waals surface area (Å²) in [6.45, 7) is 2.09. The van der Waals surface area contributed by atoms with Gasteiger partial charge in [0.2, 0.25) is 0 Å². The van der Waals surface area contributed by atoms with E-state index in [4.69, 9.17) is 13.8 Å². The average Bonchev–Trinajstić information content (AvgIpc) is 2.86. The van der Waals surface area contributed by atoms with Crippen LogP contribution in [0.1, 0.15) is 24.9 Å². The molecule has 0 amide bonds. The topological polar surface area (TPSA) is 71.1 Å². The van der Waals surface area contributed by atoms with E-state index in [1.807, 2.05) is 30.1 Å². The van der Waals surface area contributed by atoms with Crippen LogP contribution in [0.4, 0.5) is 0 Å². The van der Waals surface area contributed by atoms with Gasteiger partial charge in [-0.2, -0.15) is 0 Å². The number of nitrogens with zero attached hydrogens (tertiary/aromatic N) is 1. The maximum atomic E-state index is 13.2. The largest absolute Gasteiger partial charge is 0.624 e. The molecule has 0 N–H and O–H groups in total. The van der Waals surface area contributed by atoms with Gasteiger partial charge in [-0.1, -0.05) is 18.2 Å². The van der Waals surface area contributed by atoms with Crippen molar-refractivity contribution in [3.8, 4) is 5.75 Å². The SMILES string of the molecule is CCO[P+]1([O-])Oc2ccccc2[C@H]2[C@@H]1C[C@H](C(=O)OC)N2C. The molecule has 0 spiro atoms. The summed E-state index contributed by atoms with van der Waals surface area (Å²) in [5.74, 6) is 0.246. The van der Waals surface area contributed by atoms with E-state index in [0.717, 1.165) is 5.56 Å². The highest BCUT2D eigenvalue weighted by Crippen LogP contribution is 2.68. The number of para-hydroxylation sites is 1. The minimum absolute atomic E-state index is 0.175. The van der Waals surface area contributed by atoms with Crippen LogP contribution < -0.4 is 9.42 Å². The summed E-state index contributed by atoms with van der Waals surface area (Å²) < 4.78 is 16.1. The highest BCUT2D eigenvalue weighted by molar-refractivity contribution is 7.60. The minimum atomic E-state index is -3.32. The zero-order valence-electron chi connectivity index (χ0n) is 12.9. The molecule has 0 aromatic heterocycles. The van der Waals surface area contributed by atoms with Crippen LogP contribution in [0.25, 0.3) is 0 Å².